The summed E-state index contributed by atoms with van der Waals surface area (Å²) in [6.45, 7) is -0.987. The van der Waals surface area contributed by atoms with Crippen molar-refractivity contribution in [1.82, 2.24) is 19.6 Å². The zero-order chi connectivity index (χ0) is 38.7. The molecule has 0 spiro atoms. The zero-order valence-corrected chi connectivity index (χ0v) is 31.7. The maximum Gasteiger partial charge on any atom is 0.370 e. The first-order chi connectivity index (χ1) is 21.6. The Hall–Kier alpha value is 0.430. The van der Waals surface area contributed by atoms with Crippen LogP contribution < -0.4 is 0 Å². The van der Waals surface area contributed by atoms with E-state index in [1.54, 1.807) is 4.90 Å². The second-order valence-corrected chi connectivity index (χ2v) is 23.2. The predicted molar refractivity (Wildman–Crippen MR) is 172 cm³/mol. The highest BCUT2D eigenvalue weighted by Gasteiger charge is 2.61. The van der Waals surface area contributed by atoms with Crippen molar-refractivity contribution in [3.63, 3.8) is 0 Å². The van der Waals surface area contributed by atoms with Crippen LogP contribution in [0.2, 0.25) is 0 Å². The number of nitrogens with zero attached hydrogens (tertiary/aromatic N) is 4. The van der Waals surface area contributed by atoms with E-state index >= 15 is 0 Å². The van der Waals surface area contributed by atoms with Gasteiger partial charge in [0.25, 0.3) is 10.2 Å². The van der Waals surface area contributed by atoms with E-state index in [0.29, 0.717) is 0 Å². The van der Waals surface area contributed by atoms with Gasteiger partial charge in [-0.25, -0.2) is 0 Å². The van der Waals surface area contributed by atoms with E-state index in [1.165, 1.54) is 18.7 Å². The molecule has 0 radical (unpaired) electrons. The van der Waals surface area contributed by atoms with Crippen LogP contribution in [0.4, 0.5) is 0 Å². The third-order valence-electron chi connectivity index (χ3n) is 7.86. The molecular weight excluding hydrogens is 767 g/mol. The van der Waals surface area contributed by atoms with Crippen LogP contribution in [0.25, 0.3) is 0 Å². The van der Waals surface area contributed by atoms with Crippen LogP contribution >= 0.6 is 38.0 Å². The molecule has 1 fully saturated rings. The van der Waals surface area contributed by atoms with E-state index in [-0.39, 0.29) is 58.7 Å². The Kier molecular flexibility index (Phi) is 16.3. The molecule has 0 amide bonds. The number of hydrogen-bond acceptors (Lipinski definition) is 13. The summed E-state index contributed by atoms with van der Waals surface area (Å²) >= 11 is 0. The van der Waals surface area contributed by atoms with Crippen molar-refractivity contribution in [3.8, 4) is 0 Å². The summed E-state index contributed by atoms with van der Waals surface area (Å²) in [6.07, 6.45) is -0.0698. The fourth-order valence-electron chi connectivity index (χ4n) is 5.05. The zero-order valence-electron chi connectivity index (χ0n) is 27.2. The number of hydrogen-bond donors (Lipinski definition) is 14. The van der Waals surface area contributed by atoms with Gasteiger partial charge in [0.1, 0.15) is 0 Å². The third kappa shape index (κ3) is 13.7. The quantitative estimate of drug-likeness (QED) is 0.0807. The largest absolute Gasteiger partial charge is 0.389 e. The van der Waals surface area contributed by atoms with Crippen LogP contribution in [0.1, 0.15) is 33.6 Å². The molecule has 28 heteroatoms. The highest BCUT2D eigenvalue weighted by molar-refractivity contribution is 7.72. The van der Waals surface area contributed by atoms with Gasteiger partial charge in [0.05, 0.1) is 18.7 Å². The molecule has 0 bridgehead atoms. The Morgan fingerprint density at radius 1 is 0.408 bits per heavy atom. The molecule has 1 heterocycles. The van der Waals surface area contributed by atoms with Gasteiger partial charge in [-0.3, -0.25) is 42.4 Å². The van der Waals surface area contributed by atoms with Crippen molar-refractivity contribution in [2.45, 2.75) is 54.7 Å². The molecule has 1 atom stereocenters. The van der Waals surface area contributed by atoms with Crippen LogP contribution in [0.5, 0.6) is 0 Å². The minimum Gasteiger partial charge on any atom is -0.389 e. The maximum absolute atomic E-state index is 12.1. The van der Waals surface area contributed by atoms with E-state index in [1.807, 2.05) is 0 Å². The predicted octanol–water partition coefficient (Wildman–Crippen LogP) is -3.35. The Morgan fingerprint density at radius 2 is 0.653 bits per heavy atom. The van der Waals surface area contributed by atoms with Crippen molar-refractivity contribution in [2.75, 3.05) is 78.5 Å². The van der Waals surface area contributed by atoms with Crippen molar-refractivity contribution in [2.24, 2.45) is 0 Å². The molecule has 1 unspecified atom stereocenters. The van der Waals surface area contributed by atoms with Crippen molar-refractivity contribution < 1.29 is 92.2 Å². The Labute approximate surface area is 283 Å². The second kappa shape index (κ2) is 16.8. The smallest absolute Gasteiger partial charge is 0.370 e. The minimum absolute atomic E-state index is 0.00100. The molecule has 0 aliphatic carbocycles. The number of aliphatic hydroxyl groups is 4. The average Bonchev–Trinajstić information content (AvgIpc) is 2.84. The van der Waals surface area contributed by atoms with Gasteiger partial charge in [-0.15, -0.1) is 0 Å². The Morgan fingerprint density at radius 3 is 0.878 bits per heavy atom. The first-order valence-electron chi connectivity index (χ1n) is 14.6. The molecule has 0 aromatic heterocycles. The standard InChI is InChI=1S/C21H51N4O19P5/c1-18(2,26)14-22-6-4-8-24(16-20(28,46(33,34)35)47(36,37)38)12-13-25(17-21(29,48(39,40)41)49(42,43)44)9-5-7-23(11-10-22)15-19(3,27)45(30,31)32/h26-29H,4-17H2,1-3H3,(H2,30,31,32)(H2,33,34,35)(H2,36,37,38)(H2,39,40,41)(H2,42,43,44). The highest BCUT2D eigenvalue weighted by Crippen LogP contribution is 2.68. The topological polar surface area (TPSA) is 382 Å². The number of rotatable bonds is 13. The van der Waals surface area contributed by atoms with E-state index in [9.17, 15) is 92.2 Å². The molecular formula is C21H51N4O19P5. The summed E-state index contributed by atoms with van der Waals surface area (Å²) in [5, 5.41) is 31.8. The van der Waals surface area contributed by atoms with Crippen molar-refractivity contribution in [1.29, 1.82) is 0 Å². The van der Waals surface area contributed by atoms with Gasteiger partial charge in [-0.1, -0.05) is 0 Å². The summed E-state index contributed by atoms with van der Waals surface area (Å²) in [4.78, 5) is 102. The fourth-order valence-corrected chi connectivity index (χ4v) is 9.69. The molecule has 23 nitrogen and oxygen atoms in total. The first-order valence-corrected chi connectivity index (χ1v) is 22.7. The van der Waals surface area contributed by atoms with Gasteiger partial charge in [-0.2, -0.15) is 0 Å². The molecule has 1 saturated heterocycles. The van der Waals surface area contributed by atoms with Crippen LogP contribution in [-0.4, -0.2) is 189 Å². The summed E-state index contributed by atoms with van der Waals surface area (Å²) in [5.74, 6) is 0. The van der Waals surface area contributed by atoms with E-state index in [4.69, 9.17) is 0 Å². The van der Waals surface area contributed by atoms with Crippen LogP contribution in [0.3, 0.4) is 0 Å². The van der Waals surface area contributed by atoms with Gasteiger partial charge in [-0.05, 0) is 59.8 Å². The van der Waals surface area contributed by atoms with Crippen molar-refractivity contribution in [3.05, 3.63) is 0 Å². The Bertz CT molecular complexity index is 1290. The lowest BCUT2D eigenvalue weighted by Gasteiger charge is -2.39. The molecule has 0 saturated carbocycles. The van der Waals surface area contributed by atoms with E-state index in [0.717, 1.165) is 16.7 Å². The molecule has 1 aliphatic rings. The van der Waals surface area contributed by atoms with Gasteiger partial charge >= 0.3 is 38.0 Å². The summed E-state index contributed by atoms with van der Waals surface area (Å²) < 4.78 is 60.4. The van der Waals surface area contributed by atoms with Crippen LogP contribution in [0, 0.1) is 0 Å². The lowest BCUT2D eigenvalue weighted by Crippen LogP contribution is -2.50. The third-order valence-corrected chi connectivity index (χ3v) is 16.7. The average molecular weight is 819 g/mol. The minimum atomic E-state index is -5.99. The molecule has 14 N–H and O–H groups in total. The van der Waals surface area contributed by atoms with Crippen LogP contribution in [0.15, 0.2) is 0 Å². The molecule has 1 aliphatic heterocycles. The lowest BCUT2D eigenvalue weighted by molar-refractivity contribution is 0.0220. The monoisotopic (exact) mass is 818 g/mol. The summed E-state index contributed by atoms with van der Waals surface area (Å²) in [7, 11) is -29.0. The molecule has 49 heavy (non-hydrogen) atoms. The lowest BCUT2D eigenvalue weighted by atomic mass is 10.1. The fraction of sp³-hybridized carbons (Fsp3) is 1.00. The normalized spacial score (nSPS) is 21.3. The van der Waals surface area contributed by atoms with Gasteiger partial charge in [0.2, 0.25) is 0 Å². The van der Waals surface area contributed by atoms with Gasteiger partial charge in [0.15, 0.2) is 5.34 Å². The maximum atomic E-state index is 12.1. The van der Waals surface area contributed by atoms with E-state index in [2.05, 4.69) is 0 Å². The van der Waals surface area contributed by atoms with Gasteiger partial charge < -0.3 is 69.4 Å². The molecule has 0 aromatic carbocycles. The highest BCUT2D eigenvalue weighted by atomic mass is 31.2. The molecule has 0 aromatic rings. The molecule has 294 valence electrons. The van der Waals surface area contributed by atoms with Crippen molar-refractivity contribution >= 4 is 38.0 Å². The second-order valence-electron chi connectivity index (χ2n) is 13.1. The first kappa shape index (κ1) is 47.5. The summed E-state index contributed by atoms with van der Waals surface area (Å²) in [6, 6.07) is 0. The van der Waals surface area contributed by atoms with Gasteiger partial charge in [0, 0.05) is 39.3 Å². The van der Waals surface area contributed by atoms with E-state index < -0.39 is 91.8 Å². The number of β-amino-alcohol motifs (C(OH)–C–C–N with tert-alkyl or cyclic N) is 4. The SMILES string of the molecule is CC(C)(O)CN1CCCN(CC(O)(P(=O)(O)O)P(=O)(O)O)CCN(CC(O)(P(=O)(O)O)P(=O)(O)O)CCCN(CC(C)(O)P(=O)(O)O)CC1. The Balaban J connectivity index is 3.66. The summed E-state index contributed by atoms with van der Waals surface area (Å²) in [5.41, 5.74) is -1.27. The van der Waals surface area contributed by atoms with Crippen LogP contribution in [-0.2, 0) is 22.8 Å². The molecule has 1 rings (SSSR count).